The van der Waals surface area contributed by atoms with Crippen LogP contribution in [0.4, 0.5) is 5.82 Å². The fourth-order valence-corrected chi connectivity index (χ4v) is 4.65. The highest BCUT2D eigenvalue weighted by molar-refractivity contribution is 7.88. The summed E-state index contributed by atoms with van der Waals surface area (Å²) in [6.45, 7) is 5.04. The fourth-order valence-electron chi connectivity index (χ4n) is 3.77. The SMILES string of the molecule is CC(C)C(=C/N)/C=C(\N)Nc1ccc2ncc(/C(C=N)=C/NC3CCN(S(C)(=O)=O)CC3)cc2n1. The van der Waals surface area contributed by atoms with Crippen LogP contribution < -0.4 is 22.1 Å². The second-order valence-electron chi connectivity index (χ2n) is 8.85. The van der Waals surface area contributed by atoms with Gasteiger partial charge in [-0.25, -0.2) is 17.7 Å². The summed E-state index contributed by atoms with van der Waals surface area (Å²) in [7, 11) is -3.16. The van der Waals surface area contributed by atoms with Crippen LogP contribution >= 0.6 is 0 Å². The van der Waals surface area contributed by atoms with Gasteiger partial charge in [-0.15, -0.1) is 0 Å². The first-order valence-corrected chi connectivity index (χ1v) is 13.3. The summed E-state index contributed by atoms with van der Waals surface area (Å²) in [5.74, 6) is 1.24. The van der Waals surface area contributed by atoms with Gasteiger partial charge in [-0.05, 0) is 54.8 Å². The number of nitrogens with zero attached hydrogens (tertiary/aromatic N) is 3. The van der Waals surface area contributed by atoms with Gasteiger partial charge in [0.25, 0.3) is 0 Å². The molecule has 0 unspecified atom stereocenters. The van der Waals surface area contributed by atoms with E-state index in [1.807, 2.05) is 26.0 Å². The van der Waals surface area contributed by atoms with Crippen LogP contribution in [0, 0.1) is 11.3 Å². The summed E-state index contributed by atoms with van der Waals surface area (Å²) in [5.41, 5.74) is 15.5. The van der Waals surface area contributed by atoms with Gasteiger partial charge in [0.2, 0.25) is 10.0 Å². The Morgan fingerprint density at radius 2 is 1.97 bits per heavy atom. The number of anilines is 1. The van der Waals surface area contributed by atoms with Gasteiger partial charge in [0, 0.05) is 48.9 Å². The standard InChI is InChI=1S/C24H34N8O2S/c1-16(2)17(12-25)11-23(27)31-24-5-4-21-22(30-24)10-18(14-29-21)19(13-26)15-28-20-6-8-32(9-7-20)35(3,33)34/h4-5,10-16,20,26,28H,6-9,25,27H2,1-3H3,(H,30,31)/b17-12+,19-15+,23-11+,26-13?. The monoisotopic (exact) mass is 498 g/mol. The van der Waals surface area contributed by atoms with E-state index in [4.69, 9.17) is 16.9 Å². The molecule has 1 fully saturated rings. The molecule has 1 aliphatic heterocycles. The number of hydrogen-bond donors (Lipinski definition) is 5. The van der Waals surface area contributed by atoms with Gasteiger partial charge in [-0.3, -0.25) is 4.98 Å². The lowest BCUT2D eigenvalue weighted by atomic mass is 10.0. The quantitative estimate of drug-likeness (QED) is 0.260. The maximum absolute atomic E-state index is 11.7. The molecule has 188 valence electrons. The Labute approximate surface area is 206 Å². The molecule has 3 rings (SSSR count). The molecule has 0 aromatic carbocycles. The Balaban J connectivity index is 1.75. The molecular weight excluding hydrogens is 464 g/mol. The summed E-state index contributed by atoms with van der Waals surface area (Å²) in [6.07, 6.45) is 10.7. The van der Waals surface area contributed by atoms with E-state index in [2.05, 4.69) is 20.6 Å². The second kappa shape index (κ2) is 11.3. The smallest absolute Gasteiger partial charge is 0.211 e. The molecule has 0 saturated carbocycles. The molecule has 1 saturated heterocycles. The summed E-state index contributed by atoms with van der Waals surface area (Å²) in [4.78, 5) is 9.10. The number of pyridine rings is 2. The van der Waals surface area contributed by atoms with Crippen LogP contribution in [0.5, 0.6) is 0 Å². The molecule has 10 nitrogen and oxygen atoms in total. The highest BCUT2D eigenvalue weighted by atomic mass is 32.2. The van der Waals surface area contributed by atoms with E-state index in [1.165, 1.54) is 23.0 Å². The Morgan fingerprint density at radius 1 is 1.26 bits per heavy atom. The summed E-state index contributed by atoms with van der Waals surface area (Å²) < 4.78 is 24.9. The molecule has 11 heteroatoms. The Hall–Kier alpha value is -3.44. The zero-order valence-electron chi connectivity index (χ0n) is 20.3. The summed E-state index contributed by atoms with van der Waals surface area (Å²) in [5, 5.41) is 14.3. The fraction of sp³-hybridized carbons (Fsp3) is 0.375. The van der Waals surface area contributed by atoms with Crippen molar-refractivity contribution in [2.45, 2.75) is 32.7 Å². The van der Waals surface area contributed by atoms with Crippen molar-refractivity contribution in [3.8, 4) is 0 Å². The lowest BCUT2D eigenvalue weighted by Gasteiger charge is -2.30. The summed E-state index contributed by atoms with van der Waals surface area (Å²) in [6, 6.07) is 5.66. The van der Waals surface area contributed by atoms with E-state index in [0.717, 1.165) is 16.7 Å². The number of fused-ring (bicyclic) bond motifs is 1. The van der Waals surface area contributed by atoms with Crippen molar-refractivity contribution in [1.82, 2.24) is 19.6 Å². The van der Waals surface area contributed by atoms with Gasteiger partial charge < -0.3 is 27.5 Å². The first-order valence-electron chi connectivity index (χ1n) is 11.5. The van der Waals surface area contributed by atoms with E-state index in [0.29, 0.717) is 48.7 Å². The van der Waals surface area contributed by atoms with Gasteiger partial charge in [-0.2, -0.15) is 0 Å². The van der Waals surface area contributed by atoms with Crippen molar-refractivity contribution in [1.29, 1.82) is 5.41 Å². The molecule has 7 N–H and O–H groups in total. The maximum Gasteiger partial charge on any atom is 0.211 e. The predicted molar refractivity (Wildman–Crippen MR) is 142 cm³/mol. The van der Waals surface area contributed by atoms with Crippen LogP contribution in [0.15, 0.2) is 54.3 Å². The third kappa shape index (κ3) is 7.03. The van der Waals surface area contributed by atoms with Gasteiger partial charge in [-0.1, -0.05) is 13.8 Å². The van der Waals surface area contributed by atoms with E-state index in [1.54, 1.807) is 24.5 Å². The van der Waals surface area contributed by atoms with Crippen LogP contribution in [0.2, 0.25) is 0 Å². The minimum atomic E-state index is -3.16. The molecule has 0 atom stereocenters. The van der Waals surface area contributed by atoms with Crippen molar-refractivity contribution in [2.75, 3.05) is 24.7 Å². The number of rotatable bonds is 9. The zero-order valence-corrected chi connectivity index (χ0v) is 21.1. The molecular formula is C24H34N8O2S. The van der Waals surface area contributed by atoms with E-state index in [9.17, 15) is 8.42 Å². The largest absolute Gasteiger partial charge is 0.404 e. The van der Waals surface area contributed by atoms with Crippen LogP contribution in [-0.2, 0) is 10.0 Å². The minimum absolute atomic E-state index is 0.137. The highest BCUT2D eigenvalue weighted by Gasteiger charge is 2.24. The van der Waals surface area contributed by atoms with Crippen LogP contribution in [0.3, 0.4) is 0 Å². The Morgan fingerprint density at radius 3 is 2.57 bits per heavy atom. The van der Waals surface area contributed by atoms with Gasteiger partial charge in [0.1, 0.15) is 11.6 Å². The van der Waals surface area contributed by atoms with Crippen LogP contribution in [0.1, 0.15) is 32.3 Å². The van der Waals surface area contributed by atoms with E-state index >= 15 is 0 Å². The number of nitrogens with one attached hydrogen (secondary N) is 3. The molecule has 35 heavy (non-hydrogen) atoms. The van der Waals surface area contributed by atoms with Gasteiger partial charge >= 0.3 is 0 Å². The molecule has 1 aliphatic rings. The molecule has 0 aliphatic carbocycles. The van der Waals surface area contributed by atoms with Crippen molar-refractivity contribution < 1.29 is 8.42 Å². The maximum atomic E-state index is 11.7. The Bertz CT molecular complexity index is 1260. The third-order valence-corrected chi connectivity index (χ3v) is 7.18. The second-order valence-corrected chi connectivity index (χ2v) is 10.8. The lowest BCUT2D eigenvalue weighted by Crippen LogP contribution is -2.43. The topological polar surface area (TPSA) is 163 Å². The number of nitrogens with two attached hydrogens (primary N) is 2. The molecule has 2 aromatic heterocycles. The predicted octanol–water partition coefficient (Wildman–Crippen LogP) is 2.34. The normalized spacial score (nSPS) is 17.1. The summed E-state index contributed by atoms with van der Waals surface area (Å²) >= 11 is 0. The van der Waals surface area contributed by atoms with Gasteiger partial charge in [0.15, 0.2) is 0 Å². The number of aromatic nitrogens is 2. The first-order chi connectivity index (χ1) is 16.6. The van der Waals surface area contributed by atoms with Gasteiger partial charge in [0.05, 0.1) is 17.3 Å². The molecule has 0 spiro atoms. The highest BCUT2D eigenvalue weighted by Crippen LogP contribution is 2.20. The molecule has 0 radical (unpaired) electrons. The van der Waals surface area contributed by atoms with Crippen molar-refractivity contribution in [3.63, 3.8) is 0 Å². The van der Waals surface area contributed by atoms with Crippen LogP contribution in [-0.4, -0.2) is 54.3 Å². The molecule has 0 bridgehead atoms. The van der Waals surface area contributed by atoms with Crippen molar-refractivity contribution >= 4 is 38.7 Å². The van der Waals surface area contributed by atoms with Crippen molar-refractivity contribution in [2.24, 2.45) is 17.4 Å². The van der Waals surface area contributed by atoms with Crippen LogP contribution in [0.25, 0.3) is 16.6 Å². The van der Waals surface area contributed by atoms with E-state index in [-0.39, 0.29) is 12.0 Å². The minimum Gasteiger partial charge on any atom is -0.404 e. The average molecular weight is 499 g/mol. The zero-order chi connectivity index (χ0) is 25.6. The third-order valence-electron chi connectivity index (χ3n) is 5.88. The molecule has 0 amide bonds. The van der Waals surface area contributed by atoms with Crippen molar-refractivity contribution in [3.05, 3.63) is 59.8 Å². The first kappa shape index (κ1) is 26.2. The number of hydrogen-bond acceptors (Lipinski definition) is 9. The molecule has 2 aromatic rings. The number of sulfonamides is 1. The number of allylic oxidation sites excluding steroid dienone is 3. The number of piperidine rings is 1. The Kier molecular flexibility index (Phi) is 8.47. The molecule has 3 heterocycles. The average Bonchev–Trinajstić information content (AvgIpc) is 2.82. The lowest BCUT2D eigenvalue weighted by molar-refractivity contribution is 0.305. The van der Waals surface area contributed by atoms with E-state index < -0.39 is 10.0 Å².